The number of nitrogens with one attached hydrogen (secondary N) is 1. The maximum absolute atomic E-state index is 12.7. The van der Waals surface area contributed by atoms with Gasteiger partial charge in [-0.2, -0.15) is 5.26 Å². The number of hydrogen-bond acceptors (Lipinski definition) is 4. The summed E-state index contributed by atoms with van der Waals surface area (Å²) in [4.78, 5) is 13.6. The second kappa shape index (κ2) is 6.27. The van der Waals surface area contributed by atoms with Gasteiger partial charge in [-0.15, -0.1) is 0 Å². The molecule has 0 bridgehead atoms. The Morgan fingerprint density at radius 1 is 1.53 bits per heavy atom. The van der Waals surface area contributed by atoms with Crippen LogP contribution in [0, 0.1) is 17.1 Å². The zero-order valence-electron chi connectivity index (χ0n) is 10.3. The largest absolute Gasteiger partial charge is 0.361 e. The van der Waals surface area contributed by atoms with Gasteiger partial charge in [0, 0.05) is 18.8 Å². The molecule has 1 aromatic rings. The summed E-state index contributed by atoms with van der Waals surface area (Å²) in [6.07, 6.45) is -0.479. The fraction of sp³-hybridized carbons (Fsp3) is 0.385. The average molecular weight is 263 g/mol. The highest BCUT2D eigenvalue weighted by Gasteiger charge is 2.21. The van der Waals surface area contributed by atoms with Crippen molar-refractivity contribution in [1.29, 1.82) is 5.26 Å². The number of halogens is 1. The molecule has 0 aliphatic carbocycles. The van der Waals surface area contributed by atoms with Crippen molar-refractivity contribution in [1.82, 2.24) is 4.90 Å². The maximum atomic E-state index is 12.7. The van der Waals surface area contributed by atoms with E-state index in [2.05, 4.69) is 5.32 Å². The predicted molar refractivity (Wildman–Crippen MR) is 66.8 cm³/mol. The lowest BCUT2D eigenvalue weighted by molar-refractivity contribution is -0.118. The van der Waals surface area contributed by atoms with Crippen LogP contribution in [0.4, 0.5) is 10.1 Å². The van der Waals surface area contributed by atoms with Crippen LogP contribution in [0.1, 0.15) is 0 Å². The van der Waals surface area contributed by atoms with Crippen molar-refractivity contribution in [2.45, 2.75) is 6.10 Å². The summed E-state index contributed by atoms with van der Waals surface area (Å²) in [6, 6.07) is 7.61. The van der Waals surface area contributed by atoms with Crippen LogP contribution in [0.2, 0.25) is 0 Å². The Bertz CT molecular complexity index is 484. The molecule has 1 saturated heterocycles. The molecule has 0 saturated carbocycles. The summed E-state index contributed by atoms with van der Waals surface area (Å²) in [7, 11) is 0. The normalized spacial score (nSPS) is 19.7. The van der Waals surface area contributed by atoms with Crippen LogP contribution in [0.3, 0.4) is 0 Å². The second-order valence-electron chi connectivity index (χ2n) is 4.28. The van der Waals surface area contributed by atoms with Crippen LogP contribution in [0.25, 0.3) is 0 Å². The minimum absolute atomic E-state index is 0.190. The molecule has 1 fully saturated rings. The van der Waals surface area contributed by atoms with Gasteiger partial charge >= 0.3 is 0 Å². The molecule has 100 valence electrons. The fourth-order valence-electron chi connectivity index (χ4n) is 1.86. The molecule has 5 nitrogen and oxygen atoms in total. The Balaban J connectivity index is 1.84. The fourth-order valence-corrected chi connectivity index (χ4v) is 1.86. The number of anilines is 1. The number of benzene rings is 1. The SMILES string of the molecule is N#CC1CN(CC(=O)Nc2ccc(F)cc2)CCO1. The number of amides is 1. The van der Waals surface area contributed by atoms with E-state index in [-0.39, 0.29) is 18.3 Å². The van der Waals surface area contributed by atoms with E-state index >= 15 is 0 Å². The third kappa shape index (κ3) is 4.02. The highest BCUT2D eigenvalue weighted by atomic mass is 19.1. The van der Waals surface area contributed by atoms with Crippen LogP contribution in [-0.4, -0.2) is 43.2 Å². The summed E-state index contributed by atoms with van der Waals surface area (Å²) < 4.78 is 17.9. The Kier molecular flexibility index (Phi) is 4.44. The van der Waals surface area contributed by atoms with Crippen LogP contribution < -0.4 is 5.32 Å². The topological polar surface area (TPSA) is 65.4 Å². The lowest BCUT2D eigenvalue weighted by atomic mass is 10.3. The smallest absolute Gasteiger partial charge is 0.238 e. The van der Waals surface area contributed by atoms with Gasteiger partial charge in [0.25, 0.3) is 0 Å². The Morgan fingerprint density at radius 3 is 2.95 bits per heavy atom. The average Bonchev–Trinajstić information content (AvgIpc) is 2.41. The van der Waals surface area contributed by atoms with E-state index in [1.807, 2.05) is 11.0 Å². The molecule has 2 rings (SSSR count). The van der Waals surface area contributed by atoms with Gasteiger partial charge in [-0.05, 0) is 24.3 Å². The number of hydrogen-bond donors (Lipinski definition) is 1. The van der Waals surface area contributed by atoms with E-state index in [4.69, 9.17) is 10.00 Å². The molecule has 1 unspecified atom stereocenters. The third-order valence-electron chi connectivity index (χ3n) is 2.79. The van der Waals surface area contributed by atoms with Gasteiger partial charge in [-0.1, -0.05) is 0 Å². The van der Waals surface area contributed by atoms with Crippen molar-refractivity contribution in [3.05, 3.63) is 30.1 Å². The number of rotatable bonds is 3. The van der Waals surface area contributed by atoms with Crippen molar-refractivity contribution >= 4 is 11.6 Å². The molecule has 19 heavy (non-hydrogen) atoms. The number of ether oxygens (including phenoxy) is 1. The summed E-state index contributed by atoms with van der Waals surface area (Å²) >= 11 is 0. The standard InChI is InChI=1S/C13H14FN3O2/c14-10-1-3-11(4-2-10)16-13(18)9-17-5-6-19-12(7-15)8-17/h1-4,12H,5-6,8-9H2,(H,16,18). The van der Waals surface area contributed by atoms with Gasteiger partial charge in [0.05, 0.1) is 19.2 Å². The van der Waals surface area contributed by atoms with Crippen molar-refractivity contribution in [3.8, 4) is 6.07 Å². The van der Waals surface area contributed by atoms with E-state index < -0.39 is 6.10 Å². The van der Waals surface area contributed by atoms with Gasteiger partial charge in [-0.3, -0.25) is 9.69 Å². The summed E-state index contributed by atoms with van der Waals surface area (Å²) in [6.45, 7) is 1.68. The molecule has 0 spiro atoms. The van der Waals surface area contributed by atoms with Gasteiger partial charge < -0.3 is 10.1 Å². The molecule has 1 atom stereocenters. The lowest BCUT2D eigenvalue weighted by Crippen LogP contribution is -2.45. The first-order chi connectivity index (χ1) is 9.17. The molecule has 6 heteroatoms. The van der Waals surface area contributed by atoms with Crippen molar-refractivity contribution in [2.24, 2.45) is 0 Å². The number of carbonyl (C=O) groups excluding carboxylic acids is 1. The van der Waals surface area contributed by atoms with Crippen LogP contribution >= 0.6 is 0 Å². The van der Waals surface area contributed by atoms with Crippen LogP contribution in [0.15, 0.2) is 24.3 Å². The first kappa shape index (κ1) is 13.5. The predicted octanol–water partition coefficient (Wildman–Crippen LogP) is 0.989. The van der Waals surface area contributed by atoms with Gasteiger partial charge in [0.1, 0.15) is 5.82 Å². The molecular formula is C13H14FN3O2. The minimum atomic E-state index is -0.479. The zero-order chi connectivity index (χ0) is 13.7. The molecule has 0 radical (unpaired) electrons. The Morgan fingerprint density at radius 2 is 2.26 bits per heavy atom. The molecule has 1 aromatic carbocycles. The highest BCUT2D eigenvalue weighted by Crippen LogP contribution is 2.09. The monoisotopic (exact) mass is 263 g/mol. The number of carbonyl (C=O) groups is 1. The highest BCUT2D eigenvalue weighted by molar-refractivity contribution is 5.92. The van der Waals surface area contributed by atoms with E-state index in [0.29, 0.717) is 25.4 Å². The van der Waals surface area contributed by atoms with E-state index in [9.17, 15) is 9.18 Å². The zero-order valence-corrected chi connectivity index (χ0v) is 10.3. The van der Waals surface area contributed by atoms with E-state index in [0.717, 1.165) is 0 Å². The quantitative estimate of drug-likeness (QED) is 0.883. The van der Waals surface area contributed by atoms with Gasteiger partial charge in [0.15, 0.2) is 6.10 Å². The summed E-state index contributed by atoms with van der Waals surface area (Å²) in [5.41, 5.74) is 0.552. The maximum Gasteiger partial charge on any atom is 0.238 e. The van der Waals surface area contributed by atoms with Crippen molar-refractivity contribution in [3.63, 3.8) is 0 Å². The minimum Gasteiger partial charge on any atom is -0.361 e. The molecule has 1 aliphatic heterocycles. The molecule has 1 heterocycles. The van der Waals surface area contributed by atoms with Crippen LogP contribution in [-0.2, 0) is 9.53 Å². The number of morpholine rings is 1. The Labute approximate surface area is 110 Å². The lowest BCUT2D eigenvalue weighted by Gasteiger charge is -2.28. The molecule has 0 aromatic heterocycles. The van der Waals surface area contributed by atoms with Crippen LogP contribution in [0.5, 0.6) is 0 Å². The van der Waals surface area contributed by atoms with Gasteiger partial charge in [0.2, 0.25) is 5.91 Å². The summed E-state index contributed by atoms with van der Waals surface area (Å²) in [5, 5.41) is 11.4. The second-order valence-corrected chi connectivity index (χ2v) is 4.28. The Hall–Kier alpha value is -1.97. The van der Waals surface area contributed by atoms with Crippen molar-refractivity contribution in [2.75, 3.05) is 31.6 Å². The molecular weight excluding hydrogens is 249 g/mol. The van der Waals surface area contributed by atoms with Gasteiger partial charge in [-0.25, -0.2) is 4.39 Å². The summed E-state index contributed by atoms with van der Waals surface area (Å²) in [5.74, 6) is -0.534. The first-order valence-corrected chi connectivity index (χ1v) is 5.96. The molecule has 1 amide bonds. The molecule has 1 N–H and O–H groups in total. The number of nitriles is 1. The van der Waals surface area contributed by atoms with E-state index in [1.54, 1.807) is 0 Å². The molecule has 1 aliphatic rings. The van der Waals surface area contributed by atoms with Crippen molar-refractivity contribution < 1.29 is 13.9 Å². The first-order valence-electron chi connectivity index (χ1n) is 5.96. The number of nitrogens with zero attached hydrogens (tertiary/aromatic N) is 2. The van der Waals surface area contributed by atoms with E-state index in [1.165, 1.54) is 24.3 Å². The third-order valence-corrected chi connectivity index (χ3v) is 2.79.